The molecule has 0 aromatic heterocycles. The predicted molar refractivity (Wildman–Crippen MR) is 40.9 cm³/mol. The van der Waals surface area contributed by atoms with E-state index in [0.29, 0.717) is 0 Å². The van der Waals surface area contributed by atoms with E-state index in [1.54, 1.807) is 12.8 Å². The molecule has 6 fully saturated rings. The molecular weight excluding hydrogens is 134 g/mol. The van der Waals surface area contributed by atoms with Gasteiger partial charge in [0.2, 0.25) is 0 Å². The molecule has 0 aromatic carbocycles. The van der Waals surface area contributed by atoms with Gasteiger partial charge in [-0.3, -0.25) is 0 Å². The lowest BCUT2D eigenvalue weighted by Crippen LogP contribution is -2.45. The monoisotopic (exact) mass is 147 g/mol. The van der Waals surface area contributed by atoms with E-state index in [1.165, 1.54) is 23.7 Å². The Kier molecular flexibility index (Phi) is 0.486. The summed E-state index contributed by atoms with van der Waals surface area (Å²) in [7, 11) is 0. The first kappa shape index (κ1) is 4.86. The molecular formula is C10H13N. The zero-order chi connectivity index (χ0) is 6.74. The van der Waals surface area contributed by atoms with Crippen LogP contribution in [0.15, 0.2) is 0 Å². The second-order valence-corrected chi connectivity index (χ2v) is 5.43. The SMILES string of the molecule is C1CC2C1C1NC2C2C3C1C23. The lowest BCUT2D eigenvalue weighted by molar-refractivity contribution is 0.194. The van der Waals surface area contributed by atoms with Crippen LogP contribution in [0.2, 0.25) is 0 Å². The fraction of sp³-hybridized carbons (Fsp3) is 1.00. The van der Waals surface area contributed by atoms with Gasteiger partial charge in [0.25, 0.3) is 0 Å². The highest BCUT2D eigenvalue weighted by atomic mass is 15.2. The van der Waals surface area contributed by atoms with Crippen molar-refractivity contribution in [3.8, 4) is 0 Å². The molecule has 6 rings (SSSR count). The highest BCUT2D eigenvalue weighted by Crippen LogP contribution is 2.82. The van der Waals surface area contributed by atoms with E-state index in [2.05, 4.69) is 5.32 Å². The summed E-state index contributed by atoms with van der Waals surface area (Å²) < 4.78 is 0. The summed E-state index contributed by atoms with van der Waals surface area (Å²) in [4.78, 5) is 0. The molecule has 0 amide bonds. The third-order valence-corrected chi connectivity index (χ3v) is 5.46. The number of hydrogen-bond acceptors (Lipinski definition) is 1. The maximum atomic E-state index is 3.87. The van der Waals surface area contributed by atoms with Gasteiger partial charge in [-0.15, -0.1) is 0 Å². The van der Waals surface area contributed by atoms with Crippen molar-refractivity contribution in [3.05, 3.63) is 0 Å². The molecule has 5 aliphatic carbocycles. The Bertz CT molecular complexity index is 228. The minimum absolute atomic E-state index is 1.01. The number of nitrogens with one attached hydrogen (secondary N) is 1. The molecule has 58 valence electrons. The zero-order valence-corrected chi connectivity index (χ0v) is 6.53. The molecule has 1 saturated heterocycles. The Morgan fingerprint density at radius 1 is 0.727 bits per heavy atom. The Morgan fingerprint density at radius 2 is 1.27 bits per heavy atom. The fourth-order valence-corrected chi connectivity index (χ4v) is 4.80. The highest BCUT2D eigenvalue weighted by molar-refractivity contribution is 5.34. The topological polar surface area (TPSA) is 12.0 Å². The minimum Gasteiger partial charge on any atom is -0.310 e. The molecule has 1 nitrogen and oxygen atoms in total. The zero-order valence-electron chi connectivity index (χ0n) is 6.53. The van der Waals surface area contributed by atoms with E-state index >= 15 is 0 Å². The van der Waals surface area contributed by atoms with Gasteiger partial charge in [0, 0.05) is 12.1 Å². The Morgan fingerprint density at radius 3 is 1.73 bits per heavy atom. The first-order chi connectivity index (χ1) is 5.47. The molecule has 4 unspecified atom stereocenters. The van der Waals surface area contributed by atoms with Crippen LogP contribution in [0, 0.1) is 35.5 Å². The van der Waals surface area contributed by atoms with Crippen LogP contribution in [0.5, 0.6) is 0 Å². The molecule has 0 radical (unpaired) electrons. The summed E-state index contributed by atoms with van der Waals surface area (Å²) in [6.45, 7) is 0. The van der Waals surface area contributed by atoms with Crippen LogP contribution >= 0.6 is 0 Å². The molecule has 6 aliphatic rings. The Labute approximate surface area is 66.5 Å². The van der Waals surface area contributed by atoms with Gasteiger partial charge in [0.15, 0.2) is 0 Å². The predicted octanol–water partition coefficient (Wildman–Crippen LogP) is 0.859. The number of piperidine rings is 2. The van der Waals surface area contributed by atoms with Crippen LogP contribution < -0.4 is 5.32 Å². The van der Waals surface area contributed by atoms with Crippen LogP contribution in [-0.2, 0) is 0 Å². The summed E-state index contributed by atoms with van der Waals surface area (Å²) in [5.74, 6) is 7.15. The van der Waals surface area contributed by atoms with Gasteiger partial charge in [-0.1, -0.05) is 0 Å². The van der Waals surface area contributed by atoms with Crippen molar-refractivity contribution in [1.29, 1.82) is 0 Å². The van der Waals surface area contributed by atoms with Crippen molar-refractivity contribution in [2.45, 2.75) is 24.9 Å². The van der Waals surface area contributed by atoms with Crippen LogP contribution in [0.1, 0.15) is 12.8 Å². The molecule has 0 aromatic rings. The second kappa shape index (κ2) is 1.10. The minimum atomic E-state index is 1.01. The van der Waals surface area contributed by atoms with Gasteiger partial charge in [0.1, 0.15) is 0 Å². The van der Waals surface area contributed by atoms with E-state index in [4.69, 9.17) is 0 Å². The maximum Gasteiger partial charge on any atom is 0.0135 e. The summed E-state index contributed by atoms with van der Waals surface area (Å²) >= 11 is 0. The lowest BCUT2D eigenvalue weighted by Gasteiger charge is -2.33. The van der Waals surface area contributed by atoms with Gasteiger partial charge in [0.05, 0.1) is 0 Å². The lowest BCUT2D eigenvalue weighted by atomic mass is 9.71. The van der Waals surface area contributed by atoms with Crippen LogP contribution in [0.25, 0.3) is 0 Å². The average Bonchev–Trinajstić information content (AvgIpc) is 2.66. The summed E-state index contributed by atoms with van der Waals surface area (Å²) in [6.07, 6.45) is 3.11. The standard InChI is InChI=1S/C10H13N/c1-2-4-3(1)9-7-5-6(7)8(5)10(4)11-9/h3-11H,1-2H2. The summed E-state index contributed by atoms with van der Waals surface area (Å²) in [5.41, 5.74) is 0. The summed E-state index contributed by atoms with van der Waals surface area (Å²) in [5, 5.41) is 3.87. The maximum absolute atomic E-state index is 3.87. The van der Waals surface area contributed by atoms with Crippen LogP contribution in [0.4, 0.5) is 0 Å². The van der Waals surface area contributed by atoms with Gasteiger partial charge < -0.3 is 5.32 Å². The van der Waals surface area contributed by atoms with Crippen molar-refractivity contribution in [2.75, 3.05) is 0 Å². The first-order valence-electron chi connectivity index (χ1n) is 5.23. The van der Waals surface area contributed by atoms with Crippen LogP contribution in [0.3, 0.4) is 0 Å². The van der Waals surface area contributed by atoms with E-state index in [1.807, 2.05) is 0 Å². The fourth-order valence-electron chi connectivity index (χ4n) is 4.80. The molecule has 4 bridgehead atoms. The van der Waals surface area contributed by atoms with Crippen LogP contribution in [-0.4, -0.2) is 12.1 Å². The number of rotatable bonds is 0. The van der Waals surface area contributed by atoms with Gasteiger partial charge >= 0.3 is 0 Å². The largest absolute Gasteiger partial charge is 0.310 e. The highest BCUT2D eigenvalue weighted by Gasteiger charge is 2.84. The summed E-state index contributed by atoms with van der Waals surface area (Å²) in [6, 6.07) is 2.03. The van der Waals surface area contributed by atoms with Gasteiger partial charge in [-0.05, 0) is 48.3 Å². The molecule has 1 heteroatoms. The third kappa shape index (κ3) is 0.312. The van der Waals surface area contributed by atoms with Crippen molar-refractivity contribution >= 4 is 0 Å². The molecule has 5 saturated carbocycles. The van der Waals surface area contributed by atoms with Crippen molar-refractivity contribution in [1.82, 2.24) is 5.32 Å². The smallest absolute Gasteiger partial charge is 0.0135 e. The van der Waals surface area contributed by atoms with Gasteiger partial charge in [-0.2, -0.15) is 0 Å². The Hall–Kier alpha value is -0.0400. The second-order valence-electron chi connectivity index (χ2n) is 5.43. The average molecular weight is 147 g/mol. The van der Waals surface area contributed by atoms with Crippen molar-refractivity contribution in [2.24, 2.45) is 35.5 Å². The van der Waals surface area contributed by atoms with Crippen molar-refractivity contribution in [3.63, 3.8) is 0 Å². The molecule has 11 heavy (non-hydrogen) atoms. The quantitative estimate of drug-likeness (QED) is 0.536. The van der Waals surface area contributed by atoms with Crippen molar-refractivity contribution < 1.29 is 0 Å². The Balaban J connectivity index is 1.72. The molecule has 1 N–H and O–H groups in total. The normalized spacial score (nSPS) is 85.1. The van der Waals surface area contributed by atoms with Gasteiger partial charge in [-0.25, -0.2) is 0 Å². The molecule has 1 aliphatic heterocycles. The first-order valence-corrected chi connectivity index (χ1v) is 5.23. The van der Waals surface area contributed by atoms with E-state index in [-0.39, 0.29) is 0 Å². The molecule has 0 spiro atoms. The molecule has 1 heterocycles. The van der Waals surface area contributed by atoms with E-state index in [9.17, 15) is 0 Å². The van der Waals surface area contributed by atoms with E-state index < -0.39 is 0 Å². The third-order valence-electron chi connectivity index (χ3n) is 5.46. The number of hydrogen-bond donors (Lipinski definition) is 1. The van der Waals surface area contributed by atoms with E-state index in [0.717, 1.165) is 23.9 Å². The molecule has 4 atom stereocenters.